The highest BCUT2D eigenvalue weighted by molar-refractivity contribution is 5.87. The van der Waals surface area contributed by atoms with Crippen LogP contribution in [0.25, 0.3) is 0 Å². The fourth-order valence-corrected chi connectivity index (χ4v) is 4.07. The minimum absolute atomic E-state index is 0.0526. The Balaban J connectivity index is 1.95. The van der Waals surface area contributed by atoms with E-state index < -0.39 is 5.41 Å². The smallest absolute Gasteiger partial charge is 0.230 e. The first kappa shape index (κ1) is 20.5. The number of benzene rings is 1. The maximum atomic E-state index is 13.0. The number of primary amides is 1. The quantitative estimate of drug-likeness (QED) is 0.619. The van der Waals surface area contributed by atoms with Gasteiger partial charge in [0, 0.05) is 13.0 Å². The molecule has 3 N–H and O–H groups in total. The second-order valence-corrected chi connectivity index (χ2v) is 7.92. The SMILES string of the molecule is C[C@](CCCC1CCCCC1)(C(=O)NCCCC(N)=O)c1ccccc1. The van der Waals surface area contributed by atoms with E-state index in [9.17, 15) is 9.59 Å². The molecule has 1 saturated carbocycles. The Morgan fingerprint density at radius 3 is 2.46 bits per heavy atom. The Bertz CT molecular complexity index is 567. The summed E-state index contributed by atoms with van der Waals surface area (Å²) in [5.41, 5.74) is 5.71. The number of nitrogens with one attached hydrogen (secondary N) is 1. The molecule has 1 aromatic rings. The number of hydrogen-bond acceptors (Lipinski definition) is 2. The van der Waals surface area contributed by atoms with Crippen molar-refractivity contribution < 1.29 is 9.59 Å². The molecule has 1 aliphatic carbocycles. The molecule has 1 fully saturated rings. The highest BCUT2D eigenvalue weighted by atomic mass is 16.2. The highest BCUT2D eigenvalue weighted by Gasteiger charge is 2.34. The van der Waals surface area contributed by atoms with Gasteiger partial charge in [0.25, 0.3) is 0 Å². The van der Waals surface area contributed by atoms with Crippen LogP contribution in [0.3, 0.4) is 0 Å². The molecular formula is C22H34N2O2. The molecule has 4 heteroatoms. The van der Waals surface area contributed by atoms with E-state index in [0.717, 1.165) is 24.3 Å². The van der Waals surface area contributed by atoms with Crippen LogP contribution >= 0.6 is 0 Å². The van der Waals surface area contributed by atoms with Crippen molar-refractivity contribution in [3.05, 3.63) is 35.9 Å². The zero-order chi connectivity index (χ0) is 18.8. The molecule has 0 aliphatic heterocycles. The van der Waals surface area contributed by atoms with E-state index in [1.807, 2.05) is 37.3 Å². The number of carbonyl (C=O) groups excluding carboxylic acids is 2. The highest BCUT2D eigenvalue weighted by Crippen LogP contribution is 2.33. The van der Waals surface area contributed by atoms with Crippen LogP contribution in [0.4, 0.5) is 0 Å². The van der Waals surface area contributed by atoms with E-state index in [1.165, 1.54) is 38.5 Å². The molecule has 0 aromatic heterocycles. The van der Waals surface area contributed by atoms with Crippen LogP contribution in [0.15, 0.2) is 30.3 Å². The standard InChI is InChI=1S/C22H34N2O2/c1-22(19-13-6-3-7-14-19,21(26)24-17-9-15-20(23)25)16-8-12-18-10-4-2-5-11-18/h3,6-7,13-14,18H,2,4-5,8-12,15-17H2,1H3,(H2,23,25)(H,24,26)/t22-/m1/s1. The monoisotopic (exact) mass is 358 g/mol. The number of rotatable bonds is 10. The number of hydrogen-bond donors (Lipinski definition) is 2. The minimum atomic E-state index is -0.525. The number of nitrogens with two attached hydrogens (primary N) is 1. The first-order valence-corrected chi connectivity index (χ1v) is 10.1. The Morgan fingerprint density at radius 2 is 1.81 bits per heavy atom. The molecule has 0 spiro atoms. The molecule has 0 unspecified atom stereocenters. The van der Waals surface area contributed by atoms with E-state index in [1.54, 1.807) is 0 Å². The molecule has 4 nitrogen and oxygen atoms in total. The Kier molecular flexibility index (Phi) is 8.14. The summed E-state index contributed by atoms with van der Waals surface area (Å²) < 4.78 is 0. The summed E-state index contributed by atoms with van der Waals surface area (Å²) in [5, 5.41) is 3.02. The Labute approximate surface area is 157 Å². The van der Waals surface area contributed by atoms with Crippen molar-refractivity contribution in [1.29, 1.82) is 0 Å². The number of amides is 2. The summed E-state index contributed by atoms with van der Waals surface area (Å²) in [4.78, 5) is 23.8. The summed E-state index contributed by atoms with van der Waals surface area (Å²) in [6, 6.07) is 10.1. The van der Waals surface area contributed by atoms with Gasteiger partial charge in [0.05, 0.1) is 5.41 Å². The van der Waals surface area contributed by atoms with Crippen molar-refractivity contribution >= 4 is 11.8 Å². The molecule has 1 aromatic carbocycles. The van der Waals surface area contributed by atoms with Crippen molar-refractivity contribution in [2.24, 2.45) is 11.7 Å². The van der Waals surface area contributed by atoms with Gasteiger partial charge in [-0.05, 0) is 31.2 Å². The van der Waals surface area contributed by atoms with Gasteiger partial charge in [-0.2, -0.15) is 0 Å². The molecule has 2 rings (SSSR count). The molecule has 0 heterocycles. The van der Waals surface area contributed by atoms with Gasteiger partial charge < -0.3 is 11.1 Å². The van der Waals surface area contributed by atoms with Gasteiger partial charge >= 0.3 is 0 Å². The van der Waals surface area contributed by atoms with Crippen molar-refractivity contribution in [3.8, 4) is 0 Å². The zero-order valence-electron chi connectivity index (χ0n) is 16.1. The molecule has 2 amide bonds. The van der Waals surface area contributed by atoms with Crippen LogP contribution in [0.5, 0.6) is 0 Å². The van der Waals surface area contributed by atoms with E-state index in [4.69, 9.17) is 5.73 Å². The second kappa shape index (κ2) is 10.3. The van der Waals surface area contributed by atoms with E-state index in [2.05, 4.69) is 5.32 Å². The lowest BCUT2D eigenvalue weighted by Crippen LogP contribution is -2.43. The van der Waals surface area contributed by atoms with Gasteiger partial charge in [-0.25, -0.2) is 0 Å². The second-order valence-electron chi connectivity index (χ2n) is 7.92. The fourth-order valence-electron chi connectivity index (χ4n) is 4.07. The summed E-state index contributed by atoms with van der Waals surface area (Å²) in [5.74, 6) is 0.566. The summed E-state index contributed by atoms with van der Waals surface area (Å²) >= 11 is 0. The van der Waals surface area contributed by atoms with Crippen LogP contribution in [0.1, 0.15) is 76.7 Å². The van der Waals surface area contributed by atoms with Crippen LogP contribution in [-0.4, -0.2) is 18.4 Å². The zero-order valence-corrected chi connectivity index (χ0v) is 16.1. The predicted molar refractivity (Wildman–Crippen MR) is 106 cm³/mol. The van der Waals surface area contributed by atoms with Crippen LogP contribution in [0, 0.1) is 5.92 Å². The van der Waals surface area contributed by atoms with E-state index in [-0.39, 0.29) is 11.8 Å². The van der Waals surface area contributed by atoms with Crippen molar-refractivity contribution in [2.75, 3.05) is 6.54 Å². The van der Waals surface area contributed by atoms with Crippen molar-refractivity contribution in [3.63, 3.8) is 0 Å². The molecule has 1 aliphatic rings. The van der Waals surface area contributed by atoms with Crippen LogP contribution < -0.4 is 11.1 Å². The predicted octanol–water partition coefficient (Wildman–Crippen LogP) is 4.08. The third-order valence-corrected chi connectivity index (χ3v) is 5.81. The lowest BCUT2D eigenvalue weighted by molar-refractivity contribution is -0.127. The first-order chi connectivity index (χ1) is 12.5. The molecule has 0 radical (unpaired) electrons. The lowest BCUT2D eigenvalue weighted by atomic mass is 9.75. The largest absolute Gasteiger partial charge is 0.370 e. The molecule has 26 heavy (non-hydrogen) atoms. The topological polar surface area (TPSA) is 72.2 Å². The van der Waals surface area contributed by atoms with E-state index >= 15 is 0 Å². The maximum Gasteiger partial charge on any atom is 0.230 e. The molecule has 144 valence electrons. The molecular weight excluding hydrogens is 324 g/mol. The van der Waals surface area contributed by atoms with Gasteiger partial charge in [-0.15, -0.1) is 0 Å². The minimum Gasteiger partial charge on any atom is -0.370 e. The average molecular weight is 359 g/mol. The average Bonchev–Trinajstić information content (AvgIpc) is 2.66. The van der Waals surface area contributed by atoms with Crippen LogP contribution in [-0.2, 0) is 15.0 Å². The summed E-state index contributed by atoms with van der Waals surface area (Å²) in [6.45, 7) is 2.54. The van der Waals surface area contributed by atoms with Gasteiger partial charge in [-0.3, -0.25) is 9.59 Å². The third-order valence-electron chi connectivity index (χ3n) is 5.81. The lowest BCUT2D eigenvalue weighted by Gasteiger charge is -2.30. The summed E-state index contributed by atoms with van der Waals surface area (Å²) in [7, 11) is 0. The van der Waals surface area contributed by atoms with Gasteiger partial charge in [0.15, 0.2) is 0 Å². The van der Waals surface area contributed by atoms with Gasteiger partial charge in [0.1, 0.15) is 0 Å². The third kappa shape index (κ3) is 6.15. The Morgan fingerprint density at radius 1 is 1.12 bits per heavy atom. The van der Waals surface area contributed by atoms with Crippen LogP contribution in [0.2, 0.25) is 0 Å². The number of carbonyl (C=O) groups is 2. The van der Waals surface area contributed by atoms with E-state index in [0.29, 0.717) is 19.4 Å². The summed E-state index contributed by atoms with van der Waals surface area (Å²) in [6.07, 6.45) is 10.9. The molecule has 0 saturated heterocycles. The van der Waals surface area contributed by atoms with Gasteiger partial charge in [-0.1, -0.05) is 75.3 Å². The van der Waals surface area contributed by atoms with Crippen molar-refractivity contribution in [2.45, 2.75) is 76.5 Å². The molecule has 0 bridgehead atoms. The van der Waals surface area contributed by atoms with Crippen molar-refractivity contribution in [1.82, 2.24) is 5.32 Å². The Hall–Kier alpha value is -1.84. The maximum absolute atomic E-state index is 13.0. The molecule has 1 atom stereocenters. The normalized spacial score (nSPS) is 17.4. The van der Waals surface area contributed by atoms with Gasteiger partial charge in [0.2, 0.25) is 11.8 Å². The fraction of sp³-hybridized carbons (Fsp3) is 0.636. The first-order valence-electron chi connectivity index (χ1n) is 10.1.